The second kappa shape index (κ2) is 12.0. The minimum absolute atomic E-state index is 0.0705. The maximum absolute atomic E-state index is 13.9. The van der Waals surface area contributed by atoms with Crippen molar-refractivity contribution >= 4 is 21.6 Å². The molecule has 2 aliphatic heterocycles. The van der Waals surface area contributed by atoms with Crippen LogP contribution in [-0.2, 0) is 21.6 Å². The van der Waals surface area contributed by atoms with Gasteiger partial charge in [-0.1, -0.05) is 0 Å². The zero-order valence-electron chi connectivity index (χ0n) is 20.9. The van der Waals surface area contributed by atoms with Gasteiger partial charge in [0.2, 0.25) is 10.3 Å². The summed E-state index contributed by atoms with van der Waals surface area (Å²) >= 11 is 0. The van der Waals surface area contributed by atoms with Crippen molar-refractivity contribution in [2.24, 2.45) is 0 Å². The fourth-order valence-electron chi connectivity index (χ4n) is 4.67. The minimum atomic E-state index is -2.09. The number of rotatable bonds is 6. The SMILES string of the molecule is O=[S@@](CF)c1nc2n(n1)[C@H](c1cc(F)ccc1F)C[C@@H]2F.O=[S@](CF)c1nc2n(n1)[C@H](c1cc(F)ccc1F)C[C@@H]2F. The molecule has 2 aromatic heterocycles. The van der Waals surface area contributed by atoms with Gasteiger partial charge in [0.05, 0.1) is 12.1 Å². The number of halogens is 8. The van der Waals surface area contributed by atoms with Crippen molar-refractivity contribution in [3.05, 3.63) is 82.4 Å². The molecule has 2 aliphatic rings. The van der Waals surface area contributed by atoms with Gasteiger partial charge >= 0.3 is 0 Å². The highest BCUT2D eigenvalue weighted by molar-refractivity contribution is 7.84. The lowest BCUT2D eigenvalue weighted by Crippen LogP contribution is -2.10. The van der Waals surface area contributed by atoms with Gasteiger partial charge in [-0.15, -0.1) is 10.2 Å². The van der Waals surface area contributed by atoms with E-state index in [1.165, 1.54) is 0 Å². The van der Waals surface area contributed by atoms with Gasteiger partial charge in [0.1, 0.15) is 44.9 Å². The van der Waals surface area contributed by atoms with E-state index in [2.05, 4.69) is 20.2 Å². The third-order valence-corrected chi connectivity index (χ3v) is 8.08. The van der Waals surface area contributed by atoms with E-state index in [0.29, 0.717) is 0 Å². The summed E-state index contributed by atoms with van der Waals surface area (Å²) in [7, 11) is -4.18. The lowest BCUT2D eigenvalue weighted by atomic mass is 10.0. The Hall–Kier alpha value is -3.54. The highest BCUT2D eigenvalue weighted by atomic mass is 32.2. The Labute approximate surface area is 236 Å². The average molecular weight is 639 g/mol. The summed E-state index contributed by atoms with van der Waals surface area (Å²) in [6.07, 6.45) is -3.43. The Balaban J connectivity index is 0.000000168. The Morgan fingerprint density at radius 2 is 1.07 bits per heavy atom. The maximum atomic E-state index is 13.9. The molecule has 6 rings (SSSR count). The molecular weight excluding hydrogens is 620 g/mol. The van der Waals surface area contributed by atoms with Gasteiger partial charge in [-0.25, -0.2) is 62.9 Å². The van der Waals surface area contributed by atoms with E-state index in [-0.39, 0.29) is 45.9 Å². The molecule has 0 amide bonds. The van der Waals surface area contributed by atoms with E-state index >= 15 is 0 Å². The van der Waals surface area contributed by atoms with Gasteiger partial charge < -0.3 is 0 Å². The van der Waals surface area contributed by atoms with E-state index < -0.39 is 81.3 Å². The number of hydrogen-bond acceptors (Lipinski definition) is 6. The third kappa shape index (κ3) is 5.60. The van der Waals surface area contributed by atoms with Crippen molar-refractivity contribution in [1.29, 1.82) is 0 Å². The van der Waals surface area contributed by atoms with Gasteiger partial charge in [0, 0.05) is 24.0 Å². The van der Waals surface area contributed by atoms with E-state index in [1.807, 2.05) is 0 Å². The number of fused-ring (bicyclic) bond motifs is 2. The van der Waals surface area contributed by atoms with Crippen LogP contribution in [-0.4, -0.2) is 50.0 Å². The zero-order chi connectivity index (χ0) is 30.3. The predicted molar refractivity (Wildman–Crippen MR) is 131 cm³/mol. The molecule has 0 spiro atoms. The third-order valence-electron chi connectivity index (χ3n) is 6.53. The van der Waals surface area contributed by atoms with Gasteiger partial charge in [0.25, 0.3) is 0 Å². The van der Waals surface area contributed by atoms with Crippen molar-refractivity contribution in [1.82, 2.24) is 29.5 Å². The van der Waals surface area contributed by atoms with Crippen LogP contribution in [0.25, 0.3) is 0 Å². The van der Waals surface area contributed by atoms with Gasteiger partial charge in [-0.05, 0) is 36.4 Å². The van der Waals surface area contributed by atoms with Gasteiger partial charge in [-0.2, -0.15) is 0 Å². The highest BCUT2D eigenvalue weighted by Crippen LogP contribution is 2.41. The minimum Gasteiger partial charge on any atom is -0.248 e. The maximum Gasteiger partial charge on any atom is 0.241 e. The first-order valence-corrected chi connectivity index (χ1v) is 14.7. The molecule has 6 atom stereocenters. The van der Waals surface area contributed by atoms with E-state index in [1.54, 1.807) is 0 Å². The molecule has 2 aromatic carbocycles. The molecule has 0 fully saturated rings. The van der Waals surface area contributed by atoms with Crippen LogP contribution in [0.2, 0.25) is 0 Å². The number of aromatic nitrogens is 6. The second-order valence-corrected chi connectivity index (χ2v) is 11.6. The summed E-state index contributed by atoms with van der Waals surface area (Å²) in [5.41, 5.74) is -0.141. The van der Waals surface area contributed by atoms with Crippen LogP contribution in [0.1, 0.15) is 60.0 Å². The molecular formula is C24H18F8N6O2S2. The Kier molecular flexibility index (Phi) is 8.54. The smallest absolute Gasteiger partial charge is 0.241 e. The lowest BCUT2D eigenvalue weighted by Gasteiger charge is -2.12. The fraction of sp³-hybridized carbons (Fsp3) is 0.333. The first-order valence-electron chi connectivity index (χ1n) is 12.0. The van der Waals surface area contributed by atoms with E-state index in [4.69, 9.17) is 0 Å². The molecule has 0 radical (unpaired) electrons. The molecule has 0 bridgehead atoms. The molecule has 18 heteroatoms. The Morgan fingerprint density at radius 1 is 0.690 bits per heavy atom. The molecule has 224 valence electrons. The molecule has 0 aliphatic carbocycles. The lowest BCUT2D eigenvalue weighted by molar-refractivity contribution is 0.324. The summed E-state index contributed by atoms with van der Waals surface area (Å²) in [4.78, 5) is 7.38. The second-order valence-electron chi connectivity index (χ2n) is 9.07. The van der Waals surface area contributed by atoms with Crippen LogP contribution < -0.4 is 0 Å². The van der Waals surface area contributed by atoms with Crippen molar-refractivity contribution < 1.29 is 43.5 Å². The van der Waals surface area contributed by atoms with Crippen LogP contribution in [0.3, 0.4) is 0 Å². The van der Waals surface area contributed by atoms with Crippen molar-refractivity contribution in [2.45, 2.75) is 47.6 Å². The molecule has 0 unspecified atom stereocenters. The molecule has 0 N–H and O–H groups in total. The summed E-state index contributed by atoms with van der Waals surface area (Å²) < 4.78 is 131. The zero-order valence-corrected chi connectivity index (χ0v) is 22.6. The first-order chi connectivity index (χ1) is 20.0. The van der Waals surface area contributed by atoms with Gasteiger partial charge in [0.15, 0.2) is 36.0 Å². The van der Waals surface area contributed by atoms with Crippen LogP contribution in [0.5, 0.6) is 0 Å². The summed E-state index contributed by atoms with van der Waals surface area (Å²) in [6.45, 7) is 0. The monoisotopic (exact) mass is 638 g/mol. The van der Waals surface area contributed by atoms with Crippen LogP contribution in [0, 0.1) is 23.3 Å². The molecule has 8 nitrogen and oxygen atoms in total. The molecule has 4 aromatic rings. The number of nitrogens with zero attached hydrogens (tertiary/aromatic N) is 6. The molecule has 0 saturated carbocycles. The molecule has 42 heavy (non-hydrogen) atoms. The van der Waals surface area contributed by atoms with Gasteiger partial charge in [-0.3, -0.25) is 0 Å². The normalized spacial score (nSPS) is 22.3. The first kappa shape index (κ1) is 29.9. The largest absolute Gasteiger partial charge is 0.248 e. The van der Waals surface area contributed by atoms with Crippen molar-refractivity contribution in [3.63, 3.8) is 0 Å². The van der Waals surface area contributed by atoms with Crippen LogP contribution >= 0.6 is 0 Å². The van der Waals surface area contributed by atoms with Crippen LogP contribution in [0.15, 0.2) is 46.7 Å². The topological polar surface area (TPSA) is 95.6 Å². The van der Waals surface area contributed by atoms with Crippen LogP contribution in [0.4, 0.5) is 35.1 Å². The molecule has 0 saturated heterocycles. The van der Waals surface area contributed by atoms with E-state index in [9.17, 15) is 43.5 Å². The Bertz CT molecular complexity index is 1560. The fourth-order valence-corrected chi connectivity index (χ4v) is 5.61. The van der Waals surface area contributed by atoms with Crippen molar-refractivity contribution in [2.75, 3.05) is 12.0 Å². The number of hydrogen-bond donors (Lipinski definition) is 0. The average Bonchev–Trinajstić information content (AvgIpc) is 3.74. The Morgan fingerprint density at radius 3 is 1.43 bits per heavy atom. The highest BCUT2D eigenvalue weighted by Gasteiger charge is 2.39. The van der Waals surface area contributed by atoms with Crippen molar-refractivity contribution in [3.8, 4) is 0 Å². The number of alkyl halides is 4. The molecule has 4 heterocycles. The summed E-state index contributed by atoms with van der Waals surface area (Å²) in [5, 5.41) is 6.85. The summed E-state index contributed by atoms with van der Waals surface area (Å²) in [5.74, 6) is -3.04. The standard InChI is InChI=1S/2C12H9F4N3OS/c2*13-5-21(20)12-17-11-9(16)4-10(19(11)18-12)7-3-6(14)1-2-8(7)15/h2*1-3,9-10H,4-5H2/t9-,10-,21+;9-,10-,21-/m00/s1. The van der Waals surface area contributed by atoms with E-state index in [0.717, 1.165) is 45.8 Å². The predicted octanol–water partition coefficient (Wildman–Crippen LogP) is 5.19. The quantitative estimate of drug-likeness (QED) is 0.270. The summed E-state index contributed by atoms with van der Waals surface area (Å²) in [6, 6.07) is 1.50. The number of benzene rings is 2.